The van der Waals surface area contributed by atoms with Crippen LogP contribution in [0.3, 0.4) is 0 Å². The minimum absolute atomic E-state index is 0.114. The number of hydrogen-bond acceptors (Lipinski definition) is 4. The molecule has 0 saturated carbocycles. The smallest absolute Gasteiger partial charge is 0.255 e. The van der Waals surface area contributed by atoms with Crippen molar-refractivity contribution < 1.29 is 9.59 Å². The predicted molar refractivity (Wildman–Crippen MR) is 69.5 cm³/mol. The lowest BCUT2D eigenvalue weighted by molar-refractivity contribution is -0.118. The first kappa shape index (κ1) is 14.0. The number of pyridine rings is 1. The molecular weight excluding hydrogens is 232 g/mol. The fraction of sp³-hybridized carbons (Fsp3) is 0.417. The van der Waals surface area contributed by atoms with Crippen LogP contribution in [-0.2, 0) is 4.79 Å². The molecule has 1 rings (SSSR count). The summed E-state index contributed by atoms with van der Waals surface area (Å²) >= 11 is 0. The quantitative estimate of drug-likeness (QED) is 0.656. The van der Waals surface area contributed by atoms with Crippen LogP contribution in [0.15, 0.2) is 12.3 Å². The summed E-state index contributed by atoms with van der Waals surface area (Å²) in [5, 5.41) is 8.28. The van der Waals surface area contributed by atoms with E-state index in [2.05, 4.69) is 20.9 Å². The van der Waals surface area contributed by atoms with Gasteiger partial charge in [-0.3, -0.25) is 14.6 Å². The van der Waals surface area contributed by atoms with E-state index in [0.717, 1.165) is 11.4 Å². The first-order valence-electron chi connectivity index (χ1n) is 5.71. The van der Waals surface area contributed by atoms with E-state index in [0.29, 0.717) is 18.7 Å². The molecule has 6 nitrogen and oxygen atoms in total. The van der Waals surface area contributed by atoms with Gasteiger partial charge in [-0.05, 0) is 13.0 Å². The largest absolute Gasteiger partial charge is 0.387 e. The zero-order valence-corrected chi connectivity index (χ0v) is 10.8. The van der Waals surface area contributed by atoms with Gasteiger partial charge >= 0.3 is 0 Å². The van der Waals surface area contributed by atoms with Gasteiger partial charge in [-0.15, -0.1) is 0 Å². The minimum atomic E-state index is -0.211. The topological polar surface area (TPSA) is 83.1 Å². The lowest BCUT2D eigenvalue weighted by Gasteiger charge is -2.10. The van der Waals surface area contributed by atoms with Crippen LogP contribution in [0.25, 0.3) is 0 Å². The van der Waals surface area contributed by atoms with Crippen molar-refractivity contribution in [3.05, 3.63) is 23.5 Å². The van der Waals surface area contributed by atoms with E-state index in [1.165, 1.54) is 13.1 Å². The molecule has 0 aliphatic rings. The summed E-state index contributed by atoms with van der Waals surface area (Å²) in [6.07, 6.45) is 1.54. The molecule has 3 N–H and O–H groups in total. The maximum atomic E-state index is 11.9. The third-order valence-electron chi connectivity index (χ3n) is 2.34. The van der Waals surface area contributed by atoms with Gasteiger partial charge in [0.1, 0.15) is 0 Å². The average molecular weight is 250 g/mol. The lowest BCUT2D eigenvalue weighted by atomic mass is 10.2. The second kappa shape index (κ2) is 6.58. The fourth-order valence-corrected chi connectivity index (χ4v) is 1.46. The Morgan fingerprint density at radius 3 is 2.56 bits per heavy atom. The van der Waals surface area contributed by atoms with E-state index in [4.69, 9.17) is 0 Å². The van der Waals surface area contributed by atoms with Crippen LogP contribution in [0.4, 0.5) is 5.69 Å². The van der Waals surface area contributed by atoms with E-state index in [1.807, 2.05) is 13.0 Å². The van der Waals surface area contributed by atoms with Gasteiger partial charge in [-0.25, -0.2) is 0 Å². The highest BCUT2D eigenvalue weighted by Crippen LogP contribution is 2.14. The maximum absolute atomic E-state index is 11.9. The molecule has 18 heavy (non-hydrogen) atoms. The third kappa shape index (κ3) is 4.04. The van der Waals surface area contributed by atoms with Crippen LogP contribution in [0.5, 0.6) is 0 Å². The van der Waals surface area contributed by atoms with Gasteiger partial charge in [0.2, 0.25) is 5.91 Å². The first-order chi connectivity index (χ1) is 8.54. The van der Waals surface area contributed by atoms with Crippen molar-refractivity contribution in [2.45, 2.75) is 13.8 Å². The SMILES string of the molecule is CNc1cc(C)ncc1C(=O)NCCNC(C)=O. The zero-order valence-electron chi connectivity index (χ0n) is 10.8. The van der Waals surface area contributed by atoms with Crippen molar-refractivity contribution in [2.24, 2.45) is 0 Å². The number of aryl methyl sites for hydroxylation is 1. The zero-order chi connectivity index (χ0) is 13.5. The molecule has 1 heterocycles. The van der Waals surface area contributed by atoms with Crippen molar-refractivity contribution in [1.82, 2.24) is 15.6 Å². The molecule has 0 aromatic carbocycles. The van der Waals surface area contributed by atoms with Crippen molar-refractivity contribution in [1.29, 1.82) is 0 Å². The van der Waals surface area contributed by atoms with Gasteiger partial charge in [0, 0.05) is 39.0 Å². The monoisotopic (exact) mass is 250 g/mol. The number of carbonyl (C=O) groups is 2. The Morgan fingerprint density at radius 2 is 1.94 bits per heavy atom. The minimum Gasteiger partial charge on any atom is -0.387 e. The summed E-state index contributed by atoms with van der Waals surface area (Å²) in [5.74, 6) is -0.325. The molecule has 0 unspecified atom stereocenters. The lowest BCUT2D eigenvalue weighted by Crippen LogP contribution is -2.34. The molecule has 0 bridgehead atoms. The van der Waals surface area contributed by atoms with Crippen LogP contribution >= 0.6 is 0 Å². The normalized spacial score (nSPS) is 9.72. The first-order valence-corrected chi connectivity index (χ1v) is 5.71. The van der Waals surface area contributed by atoms with Gasteiger partial charge in [0.05, 0.1) is 11.3 Å². The van der Waals surface area contributed by atoms with Gasteiger partial charge in [-0.1, -0.05) is 0 Å². The molecule has 0 aliphatic heterocycles. The van der Waals surface area contributed by atoms with E-state index in [-0.39, 0.29) is 11.8 Å². The van der Waals surface area contributed by atoms with Crippen LogP contribution in [0.2, 0.25) is 0 Å². The van der Waals surface area contributed by atoms with Gasteiger partial charge in [-0.2, -0.15) is 0 Å². The molecule has 0 saturated heterocycles. The molecular formula is C12H18N4O2. The number of aromatic nitrogens is 1. The number of hydrogen-bond donors (Lipinski definition) is 3. The highest BCUT2D eigenvalue weighted by molar-refractivity contribution is 5.99. The Labute approximate surface area is 106 Å². The number of nitrogens with zero attached hydrogens (tertiary/aromatic N) is 1. The molecule has 0 radical (unpaired) electrons. The Kier molecular flexibility index (Phi) is 5.10. The second-order valence-corrected chi connectivity index (χ2v) is 3.86. The van der Waals surface area contributed by atoms with Gasteiger partial charge in [0.15, 0.2) is 0 Å². The maximum Gasteiger partial charge on any atom is 0.255 e. The number of rotatable bonds is 5. The highest BCUT2D eigenvalue weighted by atomic mass is 16.2. The van der Waals surface area contributed by atoms with Crippen LogP contribution in [-0.4, -0.2) is 36.9 Å². The molecule has 98 valence electrons. The van der Waals surface area contributed by atoms with Crippen molar-refractivity contribution in [3.63, 3.8) is 0 Å². The molecule has 0 atom stereocenters. The van der Waals surface area contributed by atoms with E-state index in [9.17, 15) is 9.59 Å². The number of carbonyl (C=O) groups excluding carboxylic acids is 2. The van der Waals surface area contributed by atoms with Crippen LogP contribution in [0.1, 0.15) is 23.0 Å². The predicted octanol–water partition coefficient (Wildman–Crippen LogP) is 0.298. The average Bonchev–Trinajstić information content (AvgIpc) is 2.33. The molecule has 1 aromatic rings. The Hall–Kier alpha value is -2.11. The number of nitrogens with one attached hydrogen (secondary N) is 3. The molecule has 0 aliphatic carbocycles. The van der Waals surface area contributed by atoms with Crippen LogP contribution in [0, 0.1) is 6.92 Å². The van der Waals surface area contributed by atoms with Crippen molar-refractivity contribution >= 4 is 17.5 Å². The molecule has 6 heteroatoms. The third-order valence-corrected chi connectivity index (χ3v) is 2.34. The van der Waals surface area contributed by atoms with Gasteiger partial charge in [0.25, 0.3) is 5.91 Å². The summed E-state index contributed by atoms with van der Waals surface area (Å²) in [6.45, 7) is 4.09. The number of anilines is 1. The molecule has 0 spiro atoms. The summed E-state index contributed by atoms with van der Waals surface area (Å²) in [6, 6.07) is 1.81. The highest BCUT2D eigenvalue weighted by Gasteiger charge is 2.10. The van der Waals surface area contributed by atoms with E-state index in [1.54, 1.807) is 7.05 Å². The summed E-state index contributed by atoms with van der Waals surface area (Å²) in [7, 11) is 1.75. The Bertz CT molecular complexity index is 446. The van der Waals surface area contributed by atoms with Crippen molar-refractivity contribution in [2.75, 3.05) is 25.5 Å². The van der Waals surface area contributed by atoms with Crippen molar-refractivity contribution in [3.8, 4) is 0 Å². The second-order valence-electron chi connectivity index (χ2n) is 3.86. The van der Waals surface area contributed by atoms with E-state index >= 15 is 0 Å². The number of amides is 2. The summed E-state index contributed by atoms with van der Waals surface area (Å²) < 4.78 is 0. The standard InChI is InChI=1S/C12H18N4O2/c1-8-6-11(13-3)10(7-16-8)12(18)15-5-4-14-9(2)17/h6-7H,4-5H2,1-3H3,(H,13,16)(H,14,17)(H,15,18). The Balaban J connectivity index is 2.58. The molecule has 0 fully saturated rings. The van der Waals surface area contributed by atoms with Gasteiger partial charge < -0.3 is 16.0 Å². The summed E-state index contributed by atoms with van der Waals surface area (Å²) in [5.41, 5.74) is 2.07. The molecule has 2 amide bonds. The van der Waals surface area contributed by atoms with E-state index < -0.39 is 0 Å². The molecule has 1 aromatic heterocycles. The van der Waals surface area contributed by atoms with Crippen LogP contribution < -0.4 is 16.0 Å². The summed E-state index contributed by atoms with van der Waals surface area (Å²) in [4.78, 5) is 26.6. The fourth-order valence-electron chi connectivity index (χ4n) is 1.46. The Morgan fingerprint density at radius 1 is 1.28 bits per heavy atom.